The molecule has 1 unspecified atom stereocenters. The molecule has 0 fully saturated rings. The maximum atomic E-state index is 11.9. The molecule has 0 saturated heterocycles. The molecule has 1 aromatic heterocycles. The van der Waals surface area contributed by atoms with Crippen molar-refractivity contribution in [1.82, 2.24) is 14.8 Å². The summed E-state index contributed by atoms with van der Waals surface area (Å²) in [6.07, 6.45) is 2.93. The minimum atomic E-state index is -0.559. The molecule has 0 amide bonds. The van der Waals surface area contributed by atoms with E-state index in [9.17, 15) is 4.79 Å². The number of halogens is 2. The molecule has 100 valence electrons. The Balaban J connectivity index is 2.34. The highest BCUT2D eigenvalue weighted by atomic mass is 35.5. The second-order valence-electron chi connectivity index (χ2n) is 3.86. The van der Waals surface area contributed by atoms with Gasteiger partial charge in [-0.25, -0.2) is 4.98 Å². The maximum absolute atomic E-state index is 11.9. The number of rotatable bonds is 4. The second-order valence-corrected chi connectivity index (χ2v) is 4.70. The maximum Gasteiger partial charge on any atom is 0.315 e. The molecule has 2 aromatic rings. The summed E-state index contributed by atoms with van der Waals surface area (Å²) in [5, 5.41) is 4.91. The van der Waals surface area contributed by atoms with E-state index in [1.54, 1.807) is 22.9 Å². The van der Waals surface area contributed by atoms with Crippen molar-refractivity contribution in [2.75, 3.05) is 7.11 Å². The van der Waals surface area contributed by atoms with E-state index in [2.05, 4.69) is 10.1 Å². The molecule has 0 bridgehead atoms. The largest absolute Gasteiger partial charge is 0.468 e. The summed E-state index contributed by atoms with van der Waals surface area (Å²) in [7, 11) is 1.33. The summed E-state index contributed by atoms with van der Waals surface area (Å²) in [6, 6.07) is 4.99. The molecule has 0 radical (unpaired) electrons. The summed E-state index contributed by atoms with van der Waals surface area (Å²) in [6.45, 7) is 0.300. The molecule has 0 aliphatic carbocycles. The van der Waals surface area contributed by atoms with Crippen molar-refractivity contribution in [2.24, 2.45) is 0 Å². The Bertz CT molecular complexity index is 572. The van der Waals surface area contributed by atoms with E-state index in [0.717, 1.165) is 0 Å². The Morgan fingerprint density at radius 1 is 1.47 bits per heavy atom. The summed E-state index contributed by atoms with van der Waals surface area (Å²) in [5.74, 6) is -0.948. The van der Waals surface area contributed by atoms with Crippen LogP contribution in [0.2, 0.25) is 10.0 Å². The van der Waals surface area contributed by atoms with Gasteiger partial charge >= 0.3 is 5.97 Å². The molecule has 1 atom stereocenters. The molecule has 0 spiro atoms. The fourth-order valence-electron chi connectivity index (χ4n) is 1.74. The van der Waals surface area contributed by atoms with Gasteiger partial charge in [-0.05, 0) is 17.7 Å². The van der Waals surface area contributed by atoms with E-state index >= 15 is 0 Å². The van der Waals surface area contributed by atoms with Crippen LogP contribution in [0, 0.1) is 0 Å². The van der Waals surface area contributed by atoms with E-state index in [0.29, 0.717) is 22.2 Å². The van der Waals surface area contributed by atoms with Crippen molar-refractivity contribution in [3.05, 3.63) is 46.5 Å². The van der Waals surface area contributed by atoms with Crippen molar-refractivity contribution in [3.8, 4) is 0 Å². The minimum absolute atomic E-state index is 0.300. The van der Waals surface area contributed by atoms with E-state index in [1.165, 1.54) is 19.8 Å². The van der Waals surface area contributed by atoms with Gasteiger partial charge in [-0.3, -0.25) is 9.48 Å². The van der Waals surface area contributed by atoms with Crippen LogP contribution in [-0.2, 0) is 16.1 Å². The highest BCUT2D eigenvalue weighted by molar-refractivity contribution is 6.35. The number of benzene rings is 1. The lowest BCUT2D eigenvalue weighted by Gasteiger charge is -2.16. The predicted molar refractivity (Wildman–Crippen MR) is 71.2 cm³/mol. The first-order valence-corrected chi connectivity index (χ1v) is 6.22. The zero-order valence-corrected chi connectivity index (χ0v) is 11.6. The van der Waals surface area contributed by atoms with Crippen LogP contribution in [-0.4, -0.2) is 27.8 Å². The molecule has 2 rings (SSSR count). The predicted octanol–water partition coefficient (Wildman–Crippen LogP) is 2.54. The number of carbonyl (C=O) groups is 1. The molecule has 5 nitrogen and oxygen atoms in total. The highest BCUT2D eigenvalue weighted by Crippen LogP contribution is 2.29. The van der Waals surface area contributed by atoms with Crippen LogP contribution in [0.3, 0.4) is 0 Å². The Labute approximate surface area is 120 Å². The molecular weight excluding hydrogens is 289 g/mol. The van der Waals surface area contributed by atoms with Crippen LogP contribution in [0.1, 0.15) is 11.5 Å². The molecular formula is C12H11Cl2N3O2. The number of hydrogen-bond acceptors (Lipinski definition) is 4. The van der Waals surface area contributed by atoms with Crippen LogP contribution >= 0.6 is 23.2 Å². The first-order chi connectivity index (χ1) is 9.11. The SMILES string of the molecule is COC(=O)C(Cn1cncn1)c1ccc(Cl)cc1Cl. The van der Waals surface area contributed by atoms with Gasteiger partial charge in [-0.1, -0.05) is 29.3 Å². The Hall–Kier alpha value is -1.59. The Kier molecular flexibility index (Phi) is 4.39. The second kappa shape index (κ2) is 6.04. The zero-order valence-electron chi connectivity index (χ0n) is 10.1. The molecule has 0 aliphatic heterocycles. The topological polar surface area (TPSA) is 57.0 Å². The van der Waals surface area contributed by atoms with Crippen molar-refractivity contribution in [2.45, 2.75) is 12.5 Å². The van der Waals surface area contributed by atoms with Crippen molar-refractivity contribution in [1.29, 1.82) is 0 Å². The molecule has 19 heavy (non-hydrogen) atoms. The average Bonchev–Trinajstić information content (AvgIpc) is 2.89. The molecule has 0 saturated carbocycles. The fraction of sp³-hybridized carbons (Fsp3) is 0.250. The molecule has 7 heteroatoms. The smallest absolute Gasteiger partial charge is 0.315 e. The van der Waals surface area contributed by atoms with Gasteiger partial charge in [0.05, 0.1) is 13.7 Å². The number of ether oxygens (including phenoxy) is 1. The number of nitrogens with zero attached hydrogens (tertiary/aromatic N) is 3. The van der Waals surface area contributed by atoms with Crippen LogP contribution in [0.25, 0.3) is 0 Å². The lowest BCUT2D eigenvalue weighted by molar-refractivity contribution is -0.142. The highest BCUT2D eigenvalue weighted by Gasteiger charge is 2.24. The molecule has 1 aromatic carbocycles. The third-order valence-corrected chi connectivity index (χ3v) is 3.22. The lowest BCUT2D eigenvalue weighted by atomic mass is 9.99. The summed E-state index contributed by atoms with van der Waals surface area (Å²) >= 11 is 12.0. The van der Waals surface area contributed by atoms with E-state index in [1.807, 2.05) is 0 Å². The van der Waals surface area contributed by atoms with E-state index < -0.39 is 5.92 Å². The summed E-state index contributed by atoms with van der Waals surface area (Å²) in [4.78, 5) is 15.7. The van der Waals surface area contributed by atoms with Gasteiger partial charge in [0.15, 0.2) is 0 Å². The molecule has 0 N–H and O–H groups in total. The van der Waals surface area contributed by atoms with Gasteiger partial charge in [0.2, 0.25) is 0 Å². The molecule has 1 heterocycles. The van der Waals surface area contributed by atoms with E-state index in [-0.39, 0.29) is 5.97 Å². The van der Waals surface area contributed by atoms with Crippen LogP contribution < -0.4 is 0 Å². The van der Waals surface area contributed by atoms with Gasteiger partial charge in [0.1, 0.15) is 18.6 Å². The average molecular weight is 300 g/mol. The minimum Gasteiger partial charge on any atom is -0.468 e. The van der Waals surface area contributed by atoms with E-state index in [4.69, 9.17) is 27.9 Å². The Morgan fingerprint density at radius 2 is 2.26 bits per heavy atom. The third kappa shape index (κ3) is 3.24. The van der Waals surface area contributed by atoms with Gasteiger partial charge in [0, 0.05) is 10.0 Å². The first kappa shape index (κ1) is 13.8. The van der Waals surface area contributed by atoms with Crippen LogP contribution in [0.4, 0.5) is 0 Å². The van der Waals surface area contributed by atoms with Gasteiger partial charge in [-0.2, -0.15) is 5.10 Å². The fourth-order valence-corrected chi connectivity index (χ4v) is 2.28. The van der Waals surface area contributed by atoms with Gasteiger partial charge in [-0.15, -0.1) is 0 Å². The van der Waals surface area contributed by atoms with Crippen molar-refractivity contribution >= 4 is 29.2 Å². The normalized spacial score (nSPS) is 12.2. The standard InChI is InChI=1S/C12H11Cl2N3O2/c1-19-12(18)10(5-17-7-15-6-16-17)9-3-2-8(13)4-11(9)14/h2-4,6-7,10H,5H2,1H3. The number of esters is 1. The van der Waals surface area contributed by atoms with Crippen LogP contribution in [0.5, 0.6) is 0 Å². The van der Waals surface area contributed by atoms with Crippen molar-refractivity contribution in [3.63, 3.8) is 0 Å². The number of aromatic nitrogens is 3. The lowest BCUT2D eigenvalue weighted by Crippen LogP contribution is -2.20. The first-order valence-electron chi connectivity index (χ1n) is 5.47. The summed E-state index contributed by atoms with van der Waals surface area (Å²) < 4.78 is 6.36. The summed E-state index contributed by atoms with van der Waals surface area (Å²) in [5.41, 5.74) is 0.647. The zero-order chi connectivity index (χ0) is 13.8. The van der Waals surface area contributed by atoms with Gasteiger partial charge < -0.3 is 4.74 Å². The molecule has 0 aliphatic rings. The number of hydrogen-bond donors (Lipinski definition) is 0. The third-order valence-electron chi connectivity index (χ3n) is 2.66. The Morgan fingerprint density at radius 3 is 2.84 bits per heavy atom. The monoisotopic (exact) mass is 299 g/mol. The number of methoxy groups -OCH3 is 1. The number of carbonyl (C=O) groups excluding carboxylic acids is 1. The van der Waals surface area contributed by atoms with Crippen molar-refractivity contribution < 1.29 is 9.53 Å². The van der Waals surface area contributed by atoms with Crippen LogP contribution in [0.15, 0.2) is 30.9 Å². The quantitative estimate of drug-likeness (QED) is 0.814. The van der Waals surface area contributed by atoms with Gasteiger partial charge in [0.25, 0.3) is 0 Å².